The molecule has 1 amide bonds. The van der Waals surface area contributed by atoms with E-state index in [2.05, 4.69) is 26.0 Å². The Bertz CT molecular complexity index is 245. The van der Waals surface area contributed by atoms with Crippen molar-refractivity contribution < 1.29 is 14.3 Å². The van der Waals surface area contributed by atoms with Gasteiger partial charge < -0.3 is 15.0 Å². The first kappa shape index (κ1) is 16.4. The molecule has 0 bridgehead atoms. The third-order valence-corrected chi connectivity index (χ3v) is 3.11. The second-order valence-corrected chi connectivity index (χ2v) is 4.62. The Balaban J connectivity index is 3.71. The van der Waals surface area contributed by atoms with Crippen LogP contribution in [-0.4, -0.2) is 54.9 Å². The Morgan fingerprint density at radius 2 is 1.94 bits per heavy atom. The van der Waals surface area contributed by atoms with Crippen LogP contribution in [-0.2, 0) is 14.3 Å². The third kappa shape index (κ3) is 6.63. The maximum Gasteiger partial charge on any atom is 0.320 e. The summed E-state index contributed by atoms with van der Waals surface area (Å²) in [6, 6.07) is 0. The zero-order valence-corrected chi connectivity index (χ0v) is 12.2. The number of rotatable bonds is 8. The fraction of sp³-hybridized carbons (Fsp3) is 0.818. The van der Waals surface area contributed by atoms with Gasteiger partial charge in [0.25, 0.3) is 0 Å². The van der Waals surface area contributed by atoms with Crippen molar-refractivity contribution in [3.8, 4) is 0 Å². The molecule has 17 heavy (non-hydrogen) atoms. The number of halogens is 1. The van der Waals surface area contributed by atoms with E-state index in [4.69, 9.17) is 0 Å². The van der Waals surface area contributed by atoms with E-state index in [1.165, 1.54) is 7.11 Å². The van der Waals surface area contributed by atoms with Crippen LogP contribution in [0.15, 0.2) is 0 Å². The van der Waals surface area contributed by atoms with Gasteiger partial charge in [0.15, 0.2) is 0 Å². The molecular weight excluding hydrogens is 288 g/mol. The van der Waals surface area contributed by atoms with Crippen molar-refractivity contribution in [3.05, 3.63) is 0 Å². The highest BCUT2D eigenvalue weighted by Crippen LogP contribution is 2.00. The molecule has 0 fully saturated rings. The average Bonchev–Trinajstić information content (AvgIpc) is 2.34. The molecule has 0 aromatic carbocycles. The lowest BCUT2D eigenvalue weighted by atomic mass is 10.3. The number of alkyl halides is 1. The highest BCUT2D eigenvalue weighted by atomic mass is 79.9. The monoisotopic (exact) mass is 308 g/mol. The third-order valence-electron chi connectivity index (χ3n) is 2.41. The lowest BCUT2D eigenvalue weighted by molar-refractivity contribution is -0.139. The van der Waals surface area contributed by atoms with E-state index in [0.29, 0.717) is 19.5 Å². The molecule has 0 spiro atoms. The number of ether oxygens (including phenoxy) is 1. The molecule has 0 aliphatic carbocycles. The summed E-state index contributed by atoms with van der Waals surface area (Å²) in [5.41, 5.74) is 0. The van der Waals surface area contributed by atoms with Crippen LogP contribution in [0.4, 0.5) is 0 Å². The lowest BCUT2D eigenvalue weighted by Gasteiger charge is -2.18. The number of hydrogen-bond donors (Lipinski definition) is 1. The number of nitrogens with one attached hydrogen (secondary N) is 1. The molecule has 100 valence electrons. The topological polar surface area (TPSA) is 58.6 Å². The van der Waals surface area contributed by atoms with Crippen molar-refractivity contribution in [3.63, 3.8) is 0 Å². The molecule has 1 unspecified atom stereocenters. The van der Waals surface area contributed by atoms with Crippen LogP contribution < -0.4 is 5.32 Å². The second kappa shape index (κ2) is 9.41. The minimum absolute atomic E-state index is 0.131. The number of carbonyl (C=O) groups is 2. The number of carbonyl (C=O) groups excluding carboxylic acids is 2. The zero-order valence-electron chi connectivity index (χ0n) is 10.7. The maximum absolute atomic E-state index is 11.6. The van der Waals surface area contributed by atoms with Gasteiger partial charge in [-0.3, -0.25) is 9.59 Å². The first-order valence-electron chi connectivity index (χ1n) is 5.77. The zero-order chi connectivity index (χ0) is 13.3. The predicted octanol–water partition coefficient (Wildman–Crippen LogP) is 0.771. The maximum atomic E-state index is 11.6. The van der Waals surface area contributed by atoms with Gasteiger partial charge in [0, 0.05) is 32.6 Å². The number of amides is 1. The van der Waals surface area contributed by atoms with E-state index >= 15 is 0 Å². The smallest absolute Gasteiger partial charge is 0.320 e. The summed E-state index contributed by atoms with van der Waals surface area (Å²) in [6.07, 6.45) is 0.447. The summed E-state index contributed by atoms with van der Waals surface area (Å²) in [5, 5.41) is 3.04. The van der Waals surface area contributed by atoms with E-state index in [1.807, 2.05) is 13.8 Å². The Labute approximate surface area is 111 Å². The Morgan fingerprint density at radius 3 is 2.41 bits per heavy atom. The fourth-order valence-corrected chi connectivity index (χ4v) is 1.79. The highest BCUT2D eigenvalue weighted by molar-refractivity contribution is 9.10. The number of esters is 1. The van der Waals surface area contributed by atoms with E-state index < -0.39 is 0 Å². The summed E-state index contributed by atoms with van der Waals surface area (Å²) in [5.74, 6) is -0.181. The van der Waals surface area contributed by atoms with Gasteiger partial charge in [-0.25, -0.2) is 0 Å². The molecular formula is C11H21BrN2O3. The van der Waals surface area contributed by atoms with Gasteiger partial charge in [0.1, 0.15) is 4.83 Å². The molecule has 6 heteroatoms. The molecule has 0 saturated carbocycles. The van der Waals surface area contributed by atoms with Crippen molar-refractivity contribution in [1.82, 2.24) is 10.2 Å². The molecule has 0 aromatic heterocycles. The van der Waals surface area contributed by atoms with Crippen LogP contribution in [0.5, 0.6) is 0 Å². The summed E-state index contributed by atoms with van der Waals surface area (Å²) in [4.78, 5) is 24.1. The van der Waals surface area contributed by atoms with Crippen LogP contribution in [0, 0.1) is 0 Å². The average molecular weight is 309 g/mol. The summed E-state index contributed by atoms with van der Waals surface area (Å²) >= 11 is 3.19. The molecule has 0 rings (SSSR count). The van der Waals surface area contributed by atoms with Gasteiger partial charge in [0.2, 0.25) is 5.91 Å². The van der Waals surface area contributed by atoms with Crippen molar-refractivity contribution in [1.29, 1.82) is 0 Å². The van der Waals surface area contributed by atoms with Gasteiger partial charge in [-0.05, 0) is 13.8 Å². The Hall–Kier alpha value is -0.620. The predicted molar refractivity (Wildman–Crippen MR) is 70.1 cm³/mol. The van der Waals surface area contributed by atoms with Crippen molar-refractivity contribution in [2.45, 2.75) is 25.1 Å². The van der Waals surface area contributed by atoms with Crippen LogP contribution in [0.1, 0.15) is 20.3 Å². The summed E-state index contributed by atoms with van der Waals surface area (Å²) in [7, 11) is 1.35. The van der Waals surface area contributed by atoms with Gasteiger partial charge in [0.05, 0.1) is 7.11 Å². The molecule has 5 nitrogen and oxygen atoms in total. The number of methoxy groups -OCH3 is 1. The molecule has 0 heterocycles. The van der Waals surface area contributed by atoms with Crippen LogP contribution in [0.25, 0.3) is 0 Å². The van der Waals surface area contributed by atoms with Crippen LogP contribution in [0.3, 0.4) is 0 Å². The van der Waals surface area contributed by atoms with Gasteiger partial charge >= 0.3 is 5.97 Å². The van der Waals surface area contributed by atoms with E-state index in [-0.39, 0.29) is 16.7 Å². The van der Waals surface area contributed by atoms with Gasteiger partial charge in [-0.1, -0.05) is 15.9 Å². The molecule has 0 aliphatic rings. The first-order valence-corrected chi connectivity index (χ1v) is 6.68. The minimum atomic E-state index is -0.365. The number of hydrogen-bond acceptors (Lipinski definition) is 4. The second-order valence-electron chi connectivity index (χ2n) is 3.51. The molecule has 1 atom stereocenters. The summed E-state index contributed by atoms with van der Waals surface area (Å²) in [6.45, 7) is 6.41. The lowest BCUT2D eigenvalue weighted by Crippen LogP contribution is -2.35. The van der Waals surface area contributed by atoms with Crippen molar-refractivity contribution in [2.75, 3.05) is 33.3 Å². The summed E-state index contributed by atoms with van der Waals surface area (Å²) < 4.78 is 4.56. The van der Waals surface area contributed by atoms with Crippen LogP contribution >= 0.6 is 15.9 Å². The first-order chi connectivity index (χ1) is 8.06. The molecule has 0 aromatic rings. The van der Waals surface area contributed by atoms with E-state index in [9.17, 15) is 9.59 Å². The minimum Gasteiger partial charge on any atom is -0.468 e. The van der Waals surface area contributed by atoms with E-state index in [1.54, 1.807) is 4.90 Å². The normalized spacial score (nSPS) is 12.0. The van der Waals surface area contributed by atoms with Crippen LogP contribution in [0.2, 0.25) is 0 Å². The fourth-order valence-electron chi connectivity index (χ4n) is 1.37. The van der Waals surface area contributed by atoms with Crippen molar-refractivity contribution >= 4 is 27.8 Å². The Kier molecular flexibility index (Phi) is 9.07. The molecule has 0 saturated heterocycles. The molecule has 0 radical (unpaired) electrons. The Morgan fingerprint density at radius 1 is 1.35 bits per heavy atom. The quantitative estimate of drug-likeness (QED) is 0.409. The van der Waals surface area contributed by atoms with Gasteiger partial charge in [-0.2, -0.15) is 0 Å². The van der Waals surface area contributed by atoms with E-state index in [0.717, 1.165) is 13.1 Å². The highest BCUT2D eigenvalue weighted by Gasteiger charge is 2.14. The SMILES string of the molecule is CCN(CC)C(=O)CCNCC(Br)C(=O)OC. The number of nitrogens with zero attached hydrogens (tertiary/aromatic N) is 1. The van der Waals surface area contributed by atoms with Gasteiger partial charge in [-0.15, -0.1) is 0 Å². The largest absolute Gasteiger partial charge is 0.468 e. The molecule has 0 aliphatic heterocycles. The van der Waals surface area contributed by atoms with Crippen molar-refractivity contribution in [2.24, 2.45) is 0 Å². The molecule has 1 N–H and O–H groups in total. The standard InChI is InChI=1S/C11H21BrN2O3/c1-4-14(5-2)10(15)6-7-13-8-9(12)11(16)17-3/h9,13H,4-8H2,1-3H3.